The minimum absolute atomic E-state index is 0.217. The van der Waals surface area contributed by atoms with Crippen LogP contribution in [0.25, 0.3) is 0 Å². The molecule has 0 aliphatic carbocycles. The molecular weight excluding hydrogens is 439 g/mol. The van der Waals surface area contributed by atoms with Crippen molar-refractivity contribution < 1.29 is 17.6 Å². The van der Waals surface area contributed by atoms with Gasteiger partial charge in [0.1, 0.15) is 5.82 Å². The zero-order chi connectivity index (χ0) is 15.8. The largest absolute Gasteiger partial charge is 0.416 e. The Labute approximate surface area is 140 Å². The second kappa shape index (κ2) is 6.26. The highest BCUT2D eigenvalue weighted by molar-refractivity contribution is 9.11. The van der Waals surface area contributed by atoms with Gasteiger partial charge in [-0.25, -0.2) is 4.39 Å². The molecule has 0 aliphatic rings. The minimum atomic E-state index is -4.55. The fourth-order valence-electron chi connectivity index (χ4n) is 1.79. The Kier molecular flexibility index (Phi) is 5.00. The standard InChI is InChI=1S/C14H7Br2ClF4/c15-8-2-3-11(16)9(6-8)13(17)10-5-7(14(19,20)21)1-4-12(10)18/h1-6,13H. The molecule has 0 nitrogen and oxygen atoms in total. The molecule has 0 amide bonds. The molecule has 0 saturated heterocycles. The summed E-state index contributed by atoms with van der Waals surface area (Å²) in [5, 5.41) is -1.04. The molecule has 0 heterocycles. The van der Waals surface area contributed by atoms with Crippen LogP contribution in [-0.4, -0.2) is 0 Å². The fraction of sp³-hybridized carbons (Fsp3) is 0.143. The zero-order valence-electron chi connectivity index (χ0n) is 10.2. The summed E-state index contributed by atoms with van der Waals surface area (Å²) >= 11 is 12.7. The van der Waals surface area contributed by atoms with Crippen molar-refractivity contribution in [2.75, 3.05) is 0 Å². The lowest BCUT2D eigenvalue weighted by atomic mass is 10.0. The maximum Gasteiger partial charge on any atom is 0.416 e. The molecule has 2 aromatic carbocycles. The topological polar surface area (TPSA) is 0 Å². The number of benzene rings is 2. The van der Waals surface area contributed by atoms with Gasteiger partial charge in [-0.2, -0.15) is 13.2 Å². The molecule has 0 N–H and O–H groups in total. The molecule has 0 saturated carbocycles. The lowest BCUT2D eigenvalue weighted by Gasteiger charge is -2.16. The smallest absolute Gasteiger partial charge is 0.207 e. The van der Waals surface area contributed by atoms with Crippen LogP contribution in [0.3, 0.4) is 0 Å². The monoisotopic (exact) mass is 444 g/mol. The Bertz CT molecular complexity index is 671. The van der Waals surface area contributed by atoms with Crippen LogP contribution in [0.5, 0.6) is 0 Å². The van der Waals surface area contributed by atoms with Gasteiger partial charge in [-0.3, -0.25) is 0 Å². The van der Waals surface area contributed by atoms with Crippen LogP contribution in [0.1, 0.15) is 22.1 Å². The van der Waals surface area contributed by atoms with Crippen LogP contribution in [0.4, 0.5) is 17.6 Å². The van der Waals surface area contributed by atoms with Crippen molar-refractivity contribution in [3.8, 4) is 0 Å². The maximum absolute atomic E-state index is 13.8. The Hall–Kier alpha value is -0.590. The van der Waals surface area contributed by atoms with Gasteiger partial charge in [0.15, 0.2) is 0 Å². The van der Waals surface area contributed by atoms with Gasteiger partial charge in [-0.15, -0.1) is 11.6 Å². The third kappa shape index (κ3) is 3.79. The van der Waals surface area contributed by atoms with E-state index in [-0.39, 0.29) is 5.56 Å². The highest BCUT2D eigenvalue weighted by atomic mass is 79.9. The third-order valence-electron chi connectivity index (χ3n) is 2.83. The summed E-state index contributed by atoms with van der Waals surface area (Å²) in [4.78, 5) is 0. The van der Waals surface area contributed by atoms with Crippen molar-refractivity contribution >= 4 is 43.5 Å². The van der Waals surface area contributed by atoms with E-state index in [1.54, 1.807) is 18.2 Å². The molecule has 0 fully saturated rings. The van der Waals surface area contributed by atoms with E-state index in [1.807, 2.05) is 0 Å². The van der Waals surface area contributed by atoms with E-state index in [0.717, 1.165) is 12.1 Å². The van der Waals surface area contributed by atoms with Crippen molar-refractivity contribution in [3.05, 3.63) is 67.9 Å². The molecule has 7 heteroatoms. The van der Waals surface area contributed by atoms with E-state index < -0.39 is 22.9 Å². The number of alkyl halides is 4. The molecule has 0 spiro atoms. The van der Waals surface area contributed by atoms with Gasteiger partial charge in [0, 0.05) is 14.5 Å². The van der Waals surface area contributed by atoms with Gasteiger partial charge in [-0.1, -0.05) is 31.9 Å². The number of hydrogen-bond acceptors (Lipinski definition) is 0. The van der Waals surface area contributed by atoms with Gasteiger partial charge < -0.3 is 0 Å². The maximum atomic E-state index is 13.8. The van der Waals surface area contributed by atoms with Crippen LogP contribution in [0.2, 0.25) is 0 Å². The highest BCUT2D eigenvalue weighted by Crippen LogP contribution is 2.39. The Morgan fingerprint density at radius 2 is 1.62 bits per heavy atom. The third-order valence-corrected chi connectivity index (χ3v) is 4.51. The van der Waals surface area contributed by atoms with Crippen molar-refractivity contribution in [1.29, 1.82) is 0 Å². The van der Waals surface area contributed by atoms with Crippen LogP contribution in [0.15, 0.2) is 45.3 Å². The molecule has 0 bridgehead atoms. The number of hydrogen-bond donors (Lipinski definition) is 0. The van der Waals surface area contributed by atoms with Crippen LogP contribution >= 0.6 is 43.5 Å². The van der Waals surface area contributed by atoms with Gasteiger partial charge in [0.05, 0.1) is 10.9 Å². The second-order valence-electron chi connectivity index (χ2n) is 4.26. The lowest BCUT2D eigenvalue weighted by molar-refractivity contribution is -0.137. The van der Waals surface area contributed by atoms with E-state index in [2.05, 4.69) is 31.9 Å². The molecular formula is C14H7Br2ClF4. The number of halogens is 7. The molecule has 1 unspecified atom stereocenters. The first-order chi connectivity index (χ1) is 9.70. The molecule has 0 aromatic heterocycles. The first-order valence-electron chi connectivity index (χ1n) is 5.66. The average Bonchev–Trinajstić information content (AvgIpc) is 2.40. The Morgan fingerprint density at radius 1 is 0.952 bits per heavy atom. The van der Waals surface area contributed by atoms with E-state index >= 15 is 0 Å². The molecule has 112 valence electrons. The molecule has 2 rings (SSSR count). The quantitative estimate of drug-likeness (QED) is 0.356. The van der Waals surface area contributed by atoms with Gasteiger partial charge in [-0.05, 0) is 42.0 Å². The summed E-state index contributed by atoms with van der Waals surface area (Å²) < 4.78 is 53.3. The summed E-state index contributed by atoms with van der Waals surface area (Å²) in [6, 6.07) is 7.25. The lowest BCUT2D eigenvalue weighted by Crippen LogP contribution is -2.08. The summed E-state index contributed by atoms with van der Waals surface area (Å²) in [6.45, 7) is 0. The van der Waals surface area contributed by atoms with Crippen molar-refractivity contribution in [1.82, 2.24) is 0 Å². The Morgan fingerprint density at radius 3 is 2.24 bits per heavy atom. The highest BCUT2D eigenvalue weighted by Gasteiger charge is 2.32. The van der Waals surface area contributed by atoms with Crippen LogP contribution in [-0.2, 0) is 6.18 Å². The van der Waals surface area contributed by atoms with E-state index in [1.165, 1.54) is 0 Å². The Balaban J connectivity index is 2.52. The van der Waals surface area contributed by atoms with Gasteiger partial charge in [0.25, 0.3) is 0 Å². The summed E-state index contributed by atoms with van der Waals surface area (Å²) in [5.41, 5.74) is -0.676. The average molecular weight is 446 g/mol. The van der Waals surface area contributed by atoms with E-state index in [9.17, 15) is 17.6 Å². The van der Waals surface area contributed by atoms with Crippen LogP contribution < -0.4 is 0 Å². The normalized spacial score (nSPS) is 13.3. The summed E-state index contributed by atoms with van der Waals surface area (Å²) in [7, 11) is 0. The molecule has 21 heavy (non-hydrogen) atoms. The number of rotatable bonds is 2. The van der Waals surface area contributed by atoms with E-state index in [0.29, 0.717) is 20.6 Å². The molecule has 0 aliphatic heterocycles. The predicted octanol–water partition coefficient (Wildman–Crippen LogP) is 6.70. The van der Waals surface area contributed by atoms with Gasteiger partial charge in [0.2, 0.25) is 0 Å². The zero-order valence-corrected chi connectivity index (χ0v) is 14.1. The van der Waals surface area contributed by atoms with Gasteiger partial charge >= 0.3 is 6.18 Å². The first kappa shape index (κ1) is 16.8. The molecule has 2 aromatic rings. The minimum Gasteiger partial charge on any atom is -0.207 e. The summed E-state index contributed by atoms with van der Waals surface area (Å²) in [5.74, 6) is -0.783. The molecule has 1 atom stereocenters. The van der Waals surface area contributed by atoms with Crippen molar-refractivity contribution in [3.63, 3.8) is 0 Å². The summed E-state index contributed by atoms with van der Waals surface area (Å²) in [6.07, 6.45) is -4.55. The van der Waals surface area contributed by atoms with Crippen molar-refractivity contribution in [2.45, 2.75) is 11.6 Å². The predicted molar refractivity (Wildman–Crippen MR) is 80.9 cm³/mol. The second-order valence-corrected chi connectivity index (χ2v) is 6.47. The SMILES string of the molecule is Fc1ccc(C(F)(F)F)cc1C(Cl)c1cc(Br)ccc1Br. The fourth-order valence-corrected chi connectivity index (χ4v) is 3.12. The van der Waals surface area contributed by atoms with Crippen LogP contribution in [0, 0.1) is 5.82 Å². The van der Waals surface area contributed by atoms with Crippen molar-refractivity contribution in [2.24, 2.45) is 0 Å². The first-order valence-corrected chi connectivity index (χ1v) is 7.68. The molecule has 0 radical (unpaired) electrons. The van der Waals surface area contributed by atoms with E-state index in [4.69, 9.17) is 11.6 Å².